The van der Waals surface area contributed by atoms with Crippen molar-refractivity contribution in [3.63, 3.8) is 0 Å². The van der Waals surface area contributed by atoms with Gasteiger partial charge in [0.15, 0.2) is 0 Å². The molecule has 23 heavy (non-hydrogen) atoms. The molecular weight excluding hydrogens is 295 g/mol. The van der Waals surface area contributed by atoms with Crippen molar-refractivity contribution in [3.8, 4) is 0 Å². The molecule has 0 aromatic heterocycles. The summed E-state index contributed by atoms with van der Waals surface area (Å²) >= 11 is 0. The van der Waals surface area contributed by atoms with Gasteiger partial charge in [-0.3, -0.25) is 0 Å². The minimum Gasteiger partial charge on any atom is -0.550 e. The first-order chi connectivity index (χ1) is 10.8. The molecule has 0 radical (unpaired) electrons. The standard InChI is InChI=1S/C20H34O2.Na/c1-2-3-4-5-6-7-8-9-10-11-12-13-14-15-16-17-18-19-20(21)22;/h5-6,8-9,11-12H,2-4,7,10,13-19H2,1H3,(H,21,22);/q;+1/p-1. The van der Waals surface area contributed by atoms with Crippen LogP contribution in [0.4, 0.5) is 0 Å². The van der Waals surface area contributed by atoms with Crippen LogP contribution in [-0.2, 0) is 4.79 Å². The molecule has 0 spiro atoms. The van der Waals surface area contributed by atoms with E-state index in [0.29, 0.717) is 0 Å². The first kappa shape index (κ1) is 24.9. The molecule has 0 atom stereocenters. The maximum absolute atomic E-state index is 10.2. The molecule has 2 nitrogen and oxygen atoms in total. The molecule has 0 amide bonds. The van der Waals surface area contributed by atoms with Crippen LogP contribution < -0.4 is 34.7 Å². The minimum atomic E-state index is -0.924. The van der Waals surface area contributed by atoms with Crippen LogP contribution in [0.15, 0.2) is 36.5 Å². The zero-order chi connectivity index (χ0) is 16.3. The number of aliphatic carboxylic acids is 1. The van der Waals surface area contributed by atoms with Crippen LogP contribution >= 0.6 is 0 Å². The van der Waals surface area contributed by atoms with Crippen LogP contribution in [0.25, 0.3) is 0 Å². The van der Waals surface area contributed by atoms with Gasteiger partial charge in [-0.1, -0.05) is 75.5 Å². The van der Waals surface area contributed by atoms with E-state index in [-0.39, 0.29) is 36.0 Å². The summed E-state index contributed by atoms with van der Waals surface area (Å²) in [6.45, 7) is 2.22. The van der Waals surface area contributed by atoms with Gasteiger partial charge in [0, 0.05) is 5.97 Å². The molecule has 3 heteroatoms. The molecule has 0 heterocycles. The number of carbonyl (C=O) groups is 1. The second-order valence-corrected chi connectivity index (χ2v) is 5.71. The normalized spacial score (nSPS) is 11.5. The van der Waals surface area contributed by atoms with Crippen molar-refractivity contribution in [2.75, 3.05) is 0 Å². The zero-order valence-corrected chi connectivity index (χ0v) is 17.3. The average Bonchev–Trinajstić information content (AvgIpc) is 2.50. The fourth-order valence-corrected chi connectivity index (χ4v) is 2.16. The van der Waals surface area contributed by atoms with E-state index in [4.69, 9.17) is 0 Å². The van der Waals surface area contributed by atoms with Crippen LogP contribution in [0.1, 0.15) is 84.0 Å². The summed E-state index contributed by atoms with van der Waals surface area (Å²) in [5.74, 6) is -0.924. The number of carboxylic acids is 1. The molecule has 0 aliphatic heterocycles. The molecule has 0 aliphatic carbocycles. The Balaban J connectivity index is 0. The molecule has 0 aromatic rings. The van der Waals surface area contributed by atoms with Gasteiger partial charge in [-0.2, -0.15) is 0 Å². The van der Waals surface area contributed by atoms with Crippen LogP contribution in [-0.4, -0.2) is 5.97 Å². The molecule has 0 unspecified atom stereocenters. The van der Waals surface area contributed by atoms with Gasteiger partial charge >= 0.3 is 29.6 Å². The number of hydrogen-bond acceptors (Lipinski definition) is 2. The molecule has 0 fully saturated rings. The average molecular weight is 328 g/mol. The third kappa shape index (κ3) is 24.1. The first-order valence-corrected chi connectivity index (χ1v) is 8.92. The van der Waals surface area contributed by atoms with E-state index in [1.165, 1.54) is 32.1 Å². The van der Waals surface area contributed by atoms with Crippen molar-refractivity contribution in [2.45, 2.75) is 84.0 Å². The largest absolute Gasteiger partial charge is 1.00 e. The first-order valence-electron chi connectivity index (χ1n) is 8.92. The Labute approximate surface area is 165 Å². The Morgan fingerprint density at radius 1 is 0.739 bits per heavy atom. The van der Waals surface area contributed by atoms with Crippen molar-refractivity contribution < 1.29 is 39.5 Å². The number of carbonyl (C=O) groups excluding carboxylic acids is 1. The topological polar surface area (TPSA) is 40.1 Å². The van der Waals surface area contributed by atoms with E-state index in [0.717, 1.165) is 38.5 Å². The zero-order valence-electron chi connectivity index (χ0n) is 15.3. The Morgan fingerprint density at radius 2 is 1.22 bits per heavy atom. The van der Waals surface area contributed by atoms with Crippen molar-refractivity contribution in [1.29, 1.82) is 0 Å². The predicted molar refractivity (Wildman–Crippen MR) is 93.5 cm³/mol. The summed E-state index contributed by atoms with van der Waals surface area (Å²) in [6.07, 6.45) is 25.9. The Hall–Kier alpha value is -0.310. The number of hydrogen-bond donors (Lipinski definition) is 0. The fourth-order valence-electron chi connectivity index (χ4n) is 2.16. The smallest absolute Gasteiger partial charge is 0.550 e. The molecule has 0 saturated heterocycles. The SMILES string of the molecule is CCCCC=CCC=CCC=CCCCCCCCC(=O)[O-].[Na+]. The van der Waals surface area contributed by atoms with Gasteiger partial charge in [0.2, 0.25) is 0 Å². The molecule has 0 aromatic carbocycles. The number of rotatable bonds is 15. The predicted octanol–water partition coefficient (Wildman–Crippen LogP) is 2.11. The molecule has 126 valence electrons. The van der Waals surface area contributed by atoms with Crippen LogP contribution in [0, 0.1) is 0 Å². The number of allylic oxidation sites excluding steroid dienone is 6. The molecular formula is C20H33NaO2. The summed E-state index contributed by atoms with van der Waals surface area (Å²) in [7, 11) is 0. The second kappa shape index (κ2) is 21.7. The van der Waals surface area contributed by atoms with Gasteiger partial charge in [-0.15, -0.1) is 0 Å². The second-order valence-electron chi connectivity index (χ2n) is 5.71. The van der Waals surface area contributed by atoms with Gasteiger partial charge in [-0.25, -0.2) is 0 Å². The van der Waals surface area contributed by atoms with Crippen molar-refractivity contribution in [3.05, 3.63) is 36.5 Å². The summed E-state index contributed by atoms with van der Waals surface area (Å²) in [4.78, 5) is 10.2. The minimum absolute atomic E-state index is 0. The summed E-state index contributed by atoms with van der Waals surface area (Å²) in [6, 6.07) is 0. The van der Waals surface area contributed by atoms with E-state index in [1.54, 1.807) is 0 Å². The van der Waals surface area contributed by atoms with E-state index in [1.807, 2.05) is 0 Å². The Bertz CT molecular complexity index is 333. The number of carboxylic acid groups (broad SMARTS) is 1. The molecule has 0 saturated carbocycles. The van der Waals surface area contributed by atoms with Gasteiger partial charge in [0.1, 0.15) is 0 Å². The molecule has 0 N–H and O–H groups in total. The van der Waals surface area contributed by atoms with E-state index < -0.39 is 5.97 Å². The van der Waals surface area contributed by atoms with Crippen molar-refractivity contribution in [2.24, 2.45) is 0 Å². The number of unbranched alkanes of at least 4 members (excludes halogenated alkanes) is 7. The fraction of sp³-hybridized carbons (Fsp3) is 0.650. The molecule has 0 rings (SSSR count). The van der Waals surface area contributed by atoms with Crippen LogP contribution in [0.3, 0.4) is 0 Å². The van der Waals surface area contributed by atoms with Gasteiger partial charge < -0.3 is 9.90 Å². The quantitative estimate of drug-likeness (QED) is 0.262. The van der Waals surface area contributed by atoms with Gasteiger partial charge in [0.25, 0.3) is 0 Å². The third-order valence-corrected chi connectivity index (χ3v) is 3.52. The third-order valence-electron chi connectivity index (χ3n) is 3.52. The maximum atomic E-state index is 10.2. The Morgan fingerprint density at radius 3 is 1.78 bits per heavy atom. The van der Waals surface area contributed by atoms with Crippen molar-refractivity contribution >= 4 is 5.97 Å². The van der Waals surface area contributed by atoms with Crippen molar-refractivity contribution in [1.82, 2.24) is 0 Å². The van der Waals surface area contributed by atoms with Crippen LogP contribution in [0.5, 0.6) is 0 Å². The van der Waals surface area contributed by atoms with E-state index in [2.05, 4.69) is 43.4 Å². The summed E-state index contributed by atoms with van der Waals surface area (Å²) < 4.78 is 0. The van der Waals surface area contributed by atoms with E-state index in [9.17, 15) is 9.90 Å². The molecule has 0 aliphatic rings. The van der Waals surface area contributed by atoms with Crippen LogP contribution in [0.2, 0.25) is 0 Å². The summed E-state index contributed by atoms with van der Waals surface area (Å²) in [5, 5.41) is 10.2. The maximum Gasteiger partial charge on any atom is 1.00 e. The van der Waals surface area contributed by atoms with E-state index >= 15 is 0 Å². The molecule has 0 bridgehead atoms. The van der Waals surface area contributed by atoms with Gasteiger partial charge in [0.05, 0.1) is 0 Å². The summed E-state index contributed by atoms with van der Waals surface area (Å²) in [5.41, 5.74) is 0. The Kier molecular flexibility index (Phi) is 23.5. The van der Waals surface area contributed by atoms with Gasteiger partial charge in [-0.05, 0) is 44.9 Å². The monoisotopic (exact) mass is 328 g/mol.